The fourth-order valence-corrected chi connectivity index (χ4v) is 48.9. The van der Waals surface area contributed by atoms with Crippen LogP contribution in [0.25, 0.3) is 0 Å². The third-order valence-electron chi connectivity index (χ3n) is 5.61. The van der Waals surface area contributed by atoms with Gasteiger partial charge in [0, 0.05) is 15.4 Å². The molecule has 2 aromatic carbocycles. The zero-order valence-electron chi connectivity index (χ0n) is 14.8. The fraction of sp³-hybridized carbons (Fsp3) is 0.333. The molecule has 0 spiro atoms. The Morgan fingerprint density at radius 1 is 0.682 bits per heavy atom. The van der Waals surface area contributed by atoms with E-state index in [1.807, 2.05) is 0 Å². The van der Waals surface area contributed by atoms with Gasteiger partial charge in [0.1, 0.15) is 0 Å². The Hall–Kier alpha value is -0.479. The summed E-state index contributed by atoms with van der Waals surface area (Å²) in [6, 6.07) is 22.7. The highest BCUT2D eigenvalue weighted by Crippen LogP contribution is 2.49. The van der Waals surface area contributed by atoms with Crippen molar-refractivity contribution in [3.63, 3.8) is 0 Å². The van der Waals surface area contributed by atoms with Crippen molar-refractivity contribution >= 4 is 40.8 Å². The Morgan fingerprint density at radius 2 is 1.05 bits per heavy atom. The monoisotopic (exact) mass is 360 g/mol. The van der Waals surface area contributed by atoms with Crippen LogP contribution in [0.1, 0.15) is 0 Å². The summed E-state index contributed by atoms with van der Waals surface area (Å²) >= 11 is 0. The molecule has 0 unspecified atom stereocenters. The zero-order valence-corrected chi connectivity index (χ0v) is 18.8. The molecule has 118 valence electrons. The van der Waals surface area contributed by atoms with E-state index in [2.05, 4.69) is 99.9 Å². The van der Waals surface area contributed by atoms with Gasteiger partial charge in [-0.3, -0.25) is 0 Å². The van der Waals surface area contributed by atoms with Crippen molar-refractivity contribution in [2.45, 2.75) is 39.3 Å². The number of hydrogen-bond donors (Lipinski definition) is 0. The molecule has 4 heteroatoms. The quantitative estimate of drug-likeness (QED) is 0.536. The predicted molar refractivity (Wildman–Crippen MR) is 113 cm³/mol. The van der Waals surface area contributed by atoms with Gasteiger partial charge < -0.3 is 0 Å². The lowest BCUT2D eigenvalue weighted by molar-refractivity contribution is 1.75. The van der Waals surface area contributed by atoms with Gasteiger partial charge in [-0.25, -0.2) is 0 Å². The highest BCUT2D eigenvalue weighted by molar-refractivity contribution is 8.16. The topological polar surface area (TPSA) is 0 Å². The first-order chi connectivity index (χ1) is 10.3. The highest BCUT2D eigenvalue weighted by atomic mass is 31.4. The molecule has 0 aromatic heterocycles. The van der Waals surface area contributed by atoms with Crippen LogP contribution in [0.3, 0.4) is 0 Å². The van der Waals surface area contributed by atoms with Crippen molar-refractivity contribution in [2.24, 2.45) is 0 Å². The molecule has 2 aromatic rings. The van der Waals surface area contributed by atoms with Gasteiger partial charge in [0.05, 0.1) is 7.26 Å². The van der Waals surface area contributed by atoms with Crippen molar-refractivity contribution in [1.29, 1.82) is 0 Å². The van der Waals surface area contributed by atoms with Crippen molar-refractivity contribution in [3.8, 4) is 0 Å². The Kier molecular flexibility index (Phi) is 5.65. The second kappa shape index (κ2) is 6.96. The Labute approximate surface area is 140 Å². The number of benzene rings is 2. The minimum atomic E-state index is -1.34. The lowest BCUT2D eigenvalue weighted by atomic mass is 10.4. The average molecular weight is 361 g/mol. The third-order valence-corrected chi connectivity index (χ3v) is 58.5. The SMILES string of the molecule is C[SiH](C)[Si](C)(C)[Si](C)(C)P(c1ccccc1)c1ccccc1. The summed E-state index contributed by atoms with van der Waals surface area (Å²) in [6.07, 6.45) is 0. The summed E-state index contributed by atoms with van der Waals surface area (Å²) in [7, 11) is -3.24. The average Bonchev–Trinajstić information content (AvgIpc) is 2.49. The van der Waals surface area contributed by atoms with Crippen LogP contribution in [-0.2, 0) is 0 Å². The maximum atomic E-state index is 2.69. The van der Waals surface area contributed by atoms with Gasteiger partial charge >= 0.3 is 0 Å². The highest BCUT2D eigenvalue weighted by Gasteiger charge is 2.49. The van der Waals surface area contributed by atoms with Crippen LogP contribution >= 0.6 is 7.47 Å². The standard InChI is InChI=1S/C18H29PSi3/c1-20(2)22(5,6)21(3,4)19(17-13-9-7-10-14-17)18-15-11-8-12-16-18/h7-16,20H,1-6H3. The molecule has 0 aliphatic carbocycles. The van der Waals surface area contributed by atoms with Crippen LogP contribution in [0.5, 0.6) is 0 Å². The molecule has 0 N–H and O–H groups in total. The molecule has 0 atom stereocenters. The van der Waals surface area contributed by atoms with Crippen LogP contribution < -0.4 is 10.6 Å². The van der Waals surface area contributed by atoms with Gasteiger partial charge in [0.2, 0.25) is 0 Å². The van der Waals surface area contributed by atoms with E-state index in [0.717, 1.165) is 0 Å². The third kappa shape index (κ3) is 3.38. The molecule has 22 heavy (non-hydrogen) atoms. The van der Waals surface area contributed by atoms with Crippen LogP contribution in [0, 0.1) is 0 Å². The van der Waals surface area contributed by atoms with E-state index in [4.69, 9.17) is 0 Å². The smallest absolute Gasteiger partial charge is 0.0742 e. The van der Waals surface area contributed by atoms with E-state index in [-0.39, 0.29) is 7.47 Å². The maximum absolute atomic E-state index is 2.69. The Morgan fingerprint density at radius 3 is 1.36 bits per heavy atom. The molecule has 0 bridgehead atoms. The van der Waals surface area contributed by atoms with E-state index in [0.29, 0.717) is 0 Å². The summed E-state index contributed by atoms with van der Waals surface area (Å²) in [5.41, 5.74) is 0. The number of hydrogen-bond acceptors (Lipinski definition) is 0. The number of rotatable bonds is 5. The summed E-state index contributed by atoms with van der Waals surface area (Å²) < 4.78 is 0. The molecular weight excluding hydrogens is 331 g/mol. The molecule has 0 aliphatic heterocycles. The van der Waals surface area contributed by atoms with Crippen LogP contribution in [0.4, 0.5) is 0 Å². The van der Waals surface area contributed by atoms with Gasteiger partial charge in [0.15, 0.2) is 0 Å². The van der Waals surface area contributed by atoms with Crippen molar-refractivity contribution in [3.05, 3.63) is 60.7 Å². The van der Waals surface area contributed by atoms with E-state index in [9.17, 15) is 0 Å². The van der Waals surface area contributed by atoms with Crippen molar-refractivity contribution in [1.82, 2.24) is 0 Å². The molecular formula is C18H29PSi3. The summed E-state index contributed by atoms with van der Waals surface area (Å²) in [5.74, 6) is 0. The molecule has 0 fully saturated rings. The molecule has 0 saturated heterocycles. The second-order valence-electron chi connectivity index (χ2n) is 7.44. The Bertz CT molecular complexity index is 555. The Balaban J connectivity index is 2.59. The minimum Gasteiger partial charge on any atom is -0.0742 e. The van der Waals surface area contributed by atoms with Crippen LogP contribution in [0.15, 0.2) is 60.7 Å². The fourth-order valence-electron chi connectivity index (χ4n) is 2.94. The van der Waals surface area contributed by atoms with E-state index in [1.54, 1.807) is 10.6 Å². The summed E-state index contributed by atoms with van der Waals surface area (Å²) in [4.78, 5) is 0. The van der Waals surface area contributed by atoms with Gasteiger partial charge in [-0.15, -0.1) is 0 Å². The van der Waals surface area contributed by atoms with Crippen molar-refractivity contribution in [2.75, 3.05) is 0 Å². The van der Waals surface area contributed by atoms with E-state index >= 15 is 0 Å². The van der Waals surface area contributed by atoms with Gasteiger partial charge in [0.25, 0.3) is 0 Å². The maximum Gasteiger partial charge on any atom is 0.0761 e. The van der Waals surface area contributed by atoms with E-state index < -0.39 is 22.7 Å². The first-order valence-corrected chi connectivity index (χ1v) is 21.5. The first-order valence-electron chi connectivity index (χ1n) is 8.19. The summed E-state index contributed by atoms with van der Waals surface area (Å²) in [6.45, 7) is 15.9. The molecule has 0 aliphatic rings. The van der Waals surface area contributed by atoms with Crippen molar-refractivity contribution < 1.29 is 0 Å². The second-order valence-corrected chi connectivity index (χ2v) is 41.1. The molecule has 0 radical (unpaired) electrons. The molecule has 2 rings (SSSR count). The van der Waals surface area contributed by atoms with Gasteiger partial charge in [-0.2, -0.15) is 0 Å². The molecule has 0 amide bonds. The molecule has 0 saturated carbocycles. The van der Waals surface area contributed by atoms with Crippen LogP contribution in [0.2, 0.25) is 39.3 Å². The first kappa shape index (κ1) is 17.9. The zero-order chi connectivity index (χ0) is 16.4. The lowest BCUT2D eigenvalue weighted by Gasteiger charge is -2.47. The largest absolute Gasteiger partial charge is 0.0761 e. The molecule has 0 nitrogen and oxygen atoms in total. The van der Waals surface area contributed by atoms with Gasteiger partial charge in [-0.05, 0) is 10.6 Å². The lowest BCUT2D eigenvalue weighted by Crippen LogP contribution is -2.63. The van der Waals surface area contributed by atoms with Crippen LogP contribution in [-0.4, -0.2) is 22.7 Å². The van der Waals surface area contributed by atoms with E-state index in [1.165, 1.54) is 0 Å². The predicted octanol–water partition coefficient (Wildman–Crippen LogP) is 4.68. The van der Waals surface area contributed by atoms with Gasteiger partial charge in [-0.1, -0.05) is 107 Å². The minimum absolute atomic E-state index is 0.179. The molecule has 0 heterocycles. The normalized spacial score (nSPS) is 12.9. The summed E-state index contributed by atoms with van der Waals surface area (Å²) in [5, 5.41) is 3.19.